The topological polar surface area (TPSA) is 55.8 Å². The molecule has 0 spiro atoms. The van der Waals surface area contributed by atoms with Gasteiger partial charge in [0.15, 0.2) is 17.3 Å². The molecule has 0 amide bonds. The molecule has 1 heterocycles. The van der Waals surface area contributed by atoms with Gasteiger partial charge in [0.25, 0.3) is 0 Å². The Kier molecular flexibility index (Phi) is 3.31. The monoisotopic (exact) mass is 286 g/mol. The number of ketones is 1. The Labute approximate surface area is 120 Å². The maximum absolute atomic E-state index is 13.1. The SMILES string of the molecule is O=C(/C=C/c1ccc2c(c1)OCO2)c1cc(F)ccc1O. The van der Waals surface area contributed by atoms with Gasteiger partial charge in [0.05, 0.1) is 5.56 Å². The molecule has 0 saturated heterocycles. The van der Waals surface area contributed by atoms with E-state index in [1.54, 1.807) is 24.3 Å². The number of phenolic OH excluding ortho intramolecular Hbond substituents is 1. The summed E-state index contributed by atoms with van der Waals surface area (Å²) in [5.41, 5.74) is 0.662. The molecule has 3 rings (SSSR count). The van der Waals surface area contributed by atoms with E-state index >= 15 is 0 Å². The average molecular weight is 286 g/mol. The smallest absolute Gasteiger partial charge is 0.231 e. The first-order chi connectivity index (χ1) is 10.1. The number of hydrogen-bond acceptors (Lipinski definition) is 4. The highest BCUT2D eigenvalue weighted by atomic mass is 19.1. The van der Waals surface area contributed by atoms with Crippen LogP contribution in [0.4, 0.5) is 4.39 Å². The van der Waals surface area contributed by atoms with Gasteiger partial charge in [-0.2, -0.15) is 0 Å². The van der Waals surface area contributed by atoms with Crippen molar-refractivity contribution in [2.24, 2.45) is 0 Å². The normalized spacial score (nSPS) is 12.8. The third-order valence-electron chi connectivity index (χ3n) is 3.05. The summed E-state index contributed by atoms with van der Waals surface area (Å²) < 4.78 is 23.5. The fourth-order valence-electron chi connectivity index (χ4n) is 1.98. The predicted molar refractivity (Wildman–Crippen MR) is 74.0 cm³/mol. The standard InChI is InChI=1S/C16H11FO4/c17-11-3-5-14(19)12(8-11)13(18)4-1-10-2-6-15-16(7-10)21-9-20-15/h1-8,19H,9H2/b4-1+. The second-order valence-electron chi connectivity index (χ2n) is 4.47. The minimum atomic E-state index is -0.576. The number of carbonyl (C=O) groups excluding carboxylic acids is 1. The number of carbonyl (C=O) groups is 1. The minimum absolute atomic E-state index is 0.0769. The largest absolute Gasteiger partial charge is 0.507 e. The van der Waals surface area contributed by atoms with Gasteiger partial charge in [-0.25, -0.2) is 4.39 Å². The van der Waals surface area contributed by atoms with Gasteiger partial charge in [0, 0.05) is 0 Å². The number of ether oxygens (including phenoxy) is 2. The Hall–Kier alpha value is -2.82. The van der Waals surface area contributed by atoms with Crippen LogP contribution < -0.4 is 9.47 Å². The van der Waals surface area contributed by atoms with E-state index in [0.717, 1.165) is 23.8 Å². The molecule has 0 atom stereocenters. The van der Waals surface area contributed by atoms with Gasteiger partial charge < -0.3 is 14.6 Å². The second-order valence-corrected chi connectivity index (χ2v) is 4.47. The summed E-state index contributed by atoms with van der Waals surface area (Å²) in [5.74, 6) is -0.0477. The lowest BCUT2D eigenvalue weighted by atomic mass is 10.1. The molecule has 106 valence electrons. The van der Waals surface area contributed by atoms with E-state index in [0.29, 0.717) is 11.5 Å². The summed E-state index contributed by atoms with van der Waals surface area (Å²) in [6.45, 7) is 0.179. The van der Waals surface area contributed by atoms with Gasteiger partial charge >= 0.3 is 0 Å². The van der Waals surface area contributed by atoms with Crippen molar-refractivity contribution in [3.63, 3.8) is 0 Å². The molecule has 0 aliphatic carbocycles. The maximum Gasteiger partial charge on any atom is 0.231 e. The second kappa shape index (κ2) is 5.28. The molecular weight excluding hydrogens is 275 g/mol. The van der Waals surface area contributed by atoms with Crippen molar-refractivity contribution in [2.45, 2.75) is 0 Å². The van der Waals surface area contributed by atoms with Crippen LogP contribution in [0, 0.1) is 5.82 Å². The van der Waals surface area contributed by atoms with Crippen molar-refractivity contribution in [3.8, 4) is 17.2 Å². The van der Waals surface area contributed by atoms with Crippen LogP contribution in [-0.4, -0.2) is 17.7 Å². The number of hydrogen-bond donors (Lipinski definition) is 1. The zero-order valence-electron chi connectivity index (χ0n) is 10.9. The van der Waals surface area contributed by atoms with Crippen molar-refractivity contribution in [2.75, 3.05) is 6.79 Å². The van der Waals surface area contributed by atoms with Crippen LogP contribution >= 0.6 is 0 Å². The molecule has 1 N–H and O–H groups in total. The van der Waals surface area contributed by atoms with Gasteiger partial charge in [-0.3, -0.25) is 4.79 Å². The number of halogens is 1. The van der Waals surface area contributed by atoms with Crippen LogP contribution in [0.5, 0.6) is 17.2 Å². The fourth-order valence-corrected chi connectivity index (χ4v) is 1.98. The van der Waals surface area contributed by atoms with E-state index in [9.17, 15) is 14.3 Å². The quantitative estimate of drug-likeness (QED) is 0.695. The highest BCUT2D eigenvalue weighted by molar-refractivity contribution is 6.08. The van der Waals surface area contributed by atoms with Gasteiger partial charge in [0.1, 0.15) is 11.6 Å². The summed E-state index contributed by atoms with van der Waals surface area (Å²) in [4.78, 5) is 12.0. The minimum Gasteiger partial charge on any atom is -0.507 e. The van der Waals surface area contributed by atoms with E-state index in [4.69, 9.17) is 9.47 Å². The first-order valence-electron chi connectivity index (χ1n) is 6.24. The number of benzene rings is 2. The molecule has 21 heavy (non-hydrogen) atoms. The van der Waals surface area contributed by atoms with Crippen molar-refractivity contribution in [3.05, 3.63) is 59.4 Å². The number of fused-ring (bicyclic) bond motifs is 1. The zero-order valence-corrected chi connectivity index (χ0v) is 10.9. The Bertz CT molecular complexity index is 737. The molecule has 0 saturated carbocycles. The van der Waals surface area contributed by atoms with Gasteiger partial charge in [0.2, 0.25) is 6.79 Å². The van der Waals surface area contributed by atoms with Crippen LogP contribution in [0.2, 0.25) is 0 Å². The molecule has 4 nitrogen and oxygen atoms in total. The fraction of sp³-hybridized carbons (Fsp3) is 0.0625. The van der Waals surface area contributed by atoms with Crippen LogP contribution in [0.3, 0.4) is 0 Å². The third kappa shape index (κ3) is 2.72. The average Bonchev–Trinajstić information content (AvgIpc) is 2.94. The van der Waals surface area contributed by atoms with Crippen molar-refractivity contribution < 1.29 is 23.8 Å². The van der Waals surface area contributed by atoms with E-state index in [-0.39, 0.29) is 18.1 Å². The van der Waals surface area contributed by atoms with E-state index in [2.05, 4.69) is 0 Å². The summed E-state index contributed by atoms with van der Waals surface area (Å²) >= 11 is 0. The van der Waals surface area contributed by atoms with Crippen molar-refractivity contribution >= 4 is 11.9 Å². The Balaban J connectivity index is 1.82. The molecule has 1 aliphatic heterocycles. The van der Waals surface area contributed by atoms with Gasteiger partial charge in [-0.15, -0.1) is 0 Å². The summed E-state index contributed by atoms with van der Waals surface area (Å²) in [7, 11) is 0. The Morgan fingerprint density at radius 1 is 1.14 bits per heavy atom. The van der Waals surface area contributed by atoms with Gasteiger partial charge in [-0.1, -0.05) is 12.1 Å². The number of rotatable bonds is 3. The van der Waals surface area contributed by atoms with E-state index in [1.807, 2.05) is 0 Å². The molecular formula is C16H11FO4. The first-order valence-corrected chi connectivity index (χ1v) is 6.24. The van der Waals surface area contributed by atoms with E-state index in [1.165, 1.54) is 6.08 Å². The summed E-state index contributed by atoms with van der Waals surface area (Å²) in [6.07, 6.45) is 2.83. The molecule has 2 aromatic carbocycles. The molecule has 0 bridgehead atoms. The number of allylic oxidation sites excluding steroid dienone is 1. The lowest BCUT2D eigenvalue weighted by Gasteiger charge is -2.01. The zero-order chi connectivity index (χ0) is 14.8. The Morgan fingerprint density at radius 3 is 2.81 bits per heavy atom. The maximum atomic E-state index is 13.1. The van der Waals surface area contributed by atoms with Gasteiger partial charge in [-0.05, 0) is 42.0 Å². The predicted octanol–water partition coefficient (Wildman–Crippen LogP) is 3.16. The van der Waals surface area contributed by atoms with Crippen LogP contribution in [0.1, 0.15) is 15.9 Å². The van der Waals surface area contributed by atoms with Crippen molar-refractivity contribution in [1.29, 1.82) is 0 Å². The lowest BCUT2D eigenvalue weighted by Crippen LogP contribution is -1.95. The number of phenols is 1. The van der Waals surface area contributed by atoms with Crippen LogP contribution in [0.15, 0.2) is 42.5 Å². The molecule has 1 aliphatic rings. The first kappa shape index (κ1) is 13.2. The molecule has 0 fully saturated rings. The highest BCUT2D eigenvalue weighted by Crippen LogP contribution is 2.32. The molecule has 5 heteroatoms. The summed E-state index contributed by atoms with van der Waals surface area (Å²) in [5, 5.41) is 9.57. The van der Waals surface area contributed by atoms with Crippen LogP contribution in [-0.2, 0) is 0 Å². The molecule has 0 unspecified atom stereocenters. The molecule has 0 radical (unpaired) electrons. The lowest BCUT2D eigenvalue weighted by molar-refractivity contribution is 0.104. The van der Waals surface area contributed by atoms with Crippen molar-refractivity contribution in [1.82, 2.24) is 0 Å². The number of aromatic hydroxyl groups is 1. The highest BCUT2D eigenvalue weighted by Gasteiger charge is 2.13. The molecule has 2 aromatic rings. The third-order valence-corrected chi connectivity index (χ3v) is 3.05. The summed E-state index contributed by atoms with van der Waals surface area (Å²) in [6, 6.07) is 8.48. The van der Waals surface area contributed by atoms with E-state index < -0.39 is 11.6 Å². The van der Waals surface area contributed by atoms with Crippen LogP contribution in [0.25, 0.3) is 6.08 Å². The molecule has 0 aromatic heterocycles. The Morgan fingerprint density at radius 2 is 1.95 bits per heavy atom.